The molecule has 0 fully saturated rings. The molecule has 1 aromatic carbocycles. The van der Waals surface area contributed by atoms with Crippen LogP contribution in [-0.4, -0.2) is 25.0 Å². The number of benzene rings is 1. The van der Waals surface area contributed by atoms with Crippen molar-refractivity contribution in [3.05, 3.63) is 23.8 Å². The summed E-state index contributed by atoms with van der Waals surface area (Å²) in [5.74, 6) is 0.110. The molecule has 104 valence electrons. The highest BCUT2D eigenvalue weighted by Crippen LogP contribution is 2.29. The average Bonchev–Trinajstić information content (AvgIpc) is 2.78. The van der Waals surface area contributed by atoms with E-state index in [1.165, 1.54) is 5.56 Å². The zero-order chi connectivity index (χ0) is 13.8. The van der Waals surface area contributed by atoms with Crippen LogP contribution in [0.25, 0.3) is 0 Å². The van der Waals surface area contributed by atoms with Gasteiger partial charge in [0.1, 0.15) is 0 Å². The highest BCUT2D eigenvalue weighted by atomic mass is 16.2. The van der Waals surface area contributed by atoms with Crippen LogP contribution < -0.4 is 16.0 Å². The van der Waals surface area contributed by atoms with Crippen LogP contribution in [0.5, 0.6) is 0 Å². The van der Waals surface area contributed by atoms with Crippen molar-refractivity contribution in [1.82, 2.24) is 5.32 Å². The minimum Gasteiger partial charge on any atom is -0.399 e. The predicted molar refractivity (Wildman–Crippen MR) is 79.3 cm³/mol. The first kappa shape index (κ1) is 13.7. The van der Waals surface area contributed by atoms with Crippen LogP contribution in [0.15, 0.2) is 18.2 Å². The maximum absolute atomic E-state index is 12.0. The second-order valence-corrected chi connectivity index (χ2v) is 5.14. The Balaban J connectivity index is 1.97. The number of nitrogens with one attached hydrogen (secondary N) is 1. The summed E-state index contributed by atoms with van der Waals surface area (Å²) in [6, 6.07) is 6.22. The van der Waals surface area contributed by atoms with E-state index in [1.54, 1.807) is 0 Å². The molecule has 2 rings (SSSR count). The van der Waals surface area contributed by atoms with Crippen molar-refractivity contribution in [3.63, 3.8) is 0 Å². The number of hydrogen-bond acceptors (Lipinski definition) is 3. The quantitative estimate of drug-likeness (QED) is 0.796. The molecule has 0 aromatic heterocycles. The van der Waals surface area contributed by atoms with E-state index < -0.39 is 0 Å². The molecule has 1 aliphatic heterocycles. The number of carbonyl (C=O) groups is 1. The number of nitrogens with two attached hydrogens (primary N) is 1. The lowest BCUT2D eigenvalue weighted by molar-refractivity contribution is -0.120. The third-order valence-corrected chi connectivity index (χ3v) is 3.78. The number of nitrogen functional groups attached to an aromatic ring is 1. The average molecular weight is 261 g/mol. The third kappa shape index (κ3) is 3.19. The zero-order valence-corrected chi connectivity index (χ0v) is 11.8. The molecule has 4 heteroatoms. The number of fused-ring (bicyclic) bond motifs is 1. The van der Waals surface area contributed by atoms with Crippen molar-refractivity contribution in [2.75, 3.05) is 23.7 Å². The van der Waals surface area contributed by atoms with E-state index in [0.29, 0.717) is 12.6 Å². The van der Waals surface area contributed by atoms with Gasteiger partial charge in [0.2, 0.25) is 5.91 Å². The van der Waals surface area contributed by atoms with Crippen LogP contribution in [0, 0.1) is 0 Å². The van der Waals surface area contributed by atoms with Gasteiger partial charge >= 0.3 is 0 Å². The van der Waals surface area contributed by atoms with E-state index >= 15 is 0 Å². The molecule has 1 aliphatic rings. The Morgan fingerprint density at radius 2 is 2.16 bits per heavy atom. The van der Waals surface area contributed by atoms with Crippen LogP contribution in [0.3, 0.4) is 0 Å². The lowest BCUT2D eigenvalue weighted by Gasteiger charge is -2.21. The molecular formula is C15H23N3O. The van der Waals surface area contributed by atoms with Gasteiger partial charge in [0.15, 0.2) is 0 Å². The Bertz CT molecular complexity index is 455. The van der Waals surface area contributed by atoms with Gasteiger partial charge in [-0.2, -0.15) is 0 Å². The van der Waals surface area contributed by atoms with Crippen LogP contribution in [0.1, 0.15) is 32.3 Å². The van der Waals surface area contributed by atoms with Gasteiger partial charge in [-0.05, 0) is 43.0 Å². The summed E-state index contributed by atoms with van der Waals surface area (Å²) in [6.07, 6.45) is 2.93. The first-order chi connectivity index (χ1) is 9.13. The molecule has 0 spiro atoms. The molecule has 0 aliphatic carbocycles. The highest BCUT2D eigenvalue weighted by Gasteiger charge is 2.21. The molecule has 1 heterocycles. The lowest BCUT2D eigenvalue weighted by atomic mass is 10.1. The maximum atomic E-state index is 12.0. The first-order valence-electron chi connectivity index (χ1n) is 7.06. The largest absolute Gasteiger partial charge is 0.399 e. The molecule has 0 unspecified atom stereocenters. The van der Waals surface area contributed by atoms with Gasteiger partial charge in [-0.1, -0.05) is 13.8 Å². The van der Waals surface area contributed by atoms with Crippen molar-refractivity contribution in [2.24, 2.45) is 0 Å². The summed E-state index contributed by atoms with van der Waals surface area (Å²) in [6.45, 7) is 5.54. The molecule has 0 saturated carbocycles. The van der Waals surface area contributed by atoms with Crippen molar-refractivity contribution in [3.8, 4) is 0 Å². The molecule has 4 nitrogen and oxygen atoms in total. The fourth-order valence-electron chi connectivity index (χ4n) is 2.59. The number of nitrogens with zero attached hydrogens (tertiary/aromatic N) is 1. The van der Waals surface area contributed by atoms with Crippen molar-refractivity contribution in [1.29, 1.82) is 0 Å². The monoisotopic (exact) mass is 261 g/mol. The number of carbonyl (C=O) groups excluding carboxylic acids is 1. The van der Waals surface area contributed by atoms with Crippen molar-refractivity contribution in [2.45, 2.75) is 39.2 Å². The Labute approximate surface area is 115 Å². The van der Waals surface area contributed by atoms with Crippen LogP contribution in [0.4, 0.5) is 11.4 Å². The Hall–Kier alpha value is -1.71. The SMILES string of the molecule is CCC(CC)NC(=O)CN1CCc2cc(N)ccc21. The lowest BCUT2D eigenvalue weighted by Crippen LogP contribution is -2.41. The summed E-state index contributed by atoms with van der Waals surface area (Å²) in [4.78, 5) is 14.2. The van der Waals surface area contributed by atoms with Gasteiger partial charge in [-0.25, -0.2) is 0 Å². The molecule has 0 atom stereocenters. The predicted octanol–water partition coefficient (Wildman–Crippen LogP) is 1.94. The van der Waals surface area contributed by atoms with Crippen molar-refractivity contribution < 1.29 is 4.79 Å². The van der Waals surface area contributed by atoms with E-state index in [2.05, 4.69) is 24.1 Å². The smallest absolute Gasteiger partial charge is 0.239 e. The minimum atomic E-state index is 0.110. The number of rotatable bonds is 5. The zero-order valence-electron chi connectivity index (χ0n) is 11.8. The van der Waals surface area contributed by atoms with Crippen LogP contribution in [0.2, 0.25) is 0 Å². The molecule has 19 heavy (non-hydrogen) atoms. The molecule has 0 radical (unpaired) electrons. The fraction of sp³-hybridized carbons (Fsp3) is 0.533. The molecule has 0 saturated heterocycles. The van der Waals surface area contributed by atoms with Gasteiger partial charge in [-0.15, -0.1) is 0 Å². The van der Waals surface area contributed by atoms with Gasteiger partial charge in [-0.3, -0.25) is 4.79 Å². The Morgan fingerprint density at radius 1 is 1.42 bits per heavy atom. The number of hydrogen-bond donors (Lipinski definition) is 2. The summed E-state index contributed by atoms with van der Waals surface area (Å²) in [7, 11) is 0. The maximum Gasteiger partial charge on any atom is 0.239 e. The Kier molecular flexibility index (Phi) is 4.30. The van der Waals surface area contributed by atoms with Gasteiger partial charge < -0.3 is 16.0 Å². The number of amides is 1. The molecular weight excluding hydrogens is 238 g/mol. The normalized spacial score (nSPS) is 13.7. The van der Waals surface area contributed by atoms with Crippen molar-refractivity contribution >= 4 is 17.3 Å². The minimum absolute atomic E-state index is 0.110. The standard InChI is InChI=1S/C15H23N3O/c1-3-13(4-2)17-15(19)10-18-8-7-11-9-12(16)5-6-14(11)18/h5-6,9,13H,3-4,7-8,10,16H2,1-2H3,(H,17,19). The Morgan fingerprint density at radius 3 is 2.84 bits per heavy atom. The van der Waals surface area contributed by atoms with Crippen LogP contribution in [-0.2, 0) is 11.2 Å². The van der Waals surface area contributed by atoms with Gasteiger partial charge in [0.05, 0.1) is 6.54 Å². The van der Waals surface area contributed by atoms with Crippen LogP contribution >= 0.6 is 0 Å². The summed E-state index contributed by atoms with van der Waals surface area (Å²) >= 11 is 0. The molecule has 1 amide bonds. The fourth-order valence-corrected chi connectivity index (χ4v) is 2.59. The molecule has 1 aromatic rings. The second kappa shape index (κ2) is 5.95. The molecule has 3 N–H and O–H groups in total. The van der Waals surface area contributed by atoms with Gasteiger partial charge in [0, 0.05) is 24.0 Å². The second-order valence-electron chi connectivity index (χ2n) is 5.14. The van der Waals surface area contributed by atoms with Gasteiger partial charge in [0.25, 0.3) is 0 Å². The summed E-state index contributed by atoms with van der Waals surface area (Å²) in [5.41, 5.74) is 8.97. The summed E-state index contributed by atoms with van der Waals surface area (Å²) < 4.78 is 0. The third-order valence-electron chi connectivity index (χ3n) is 3.78. The van der Waals surface area contributed by atoms with E-state index in [-0.39, 0.29) is 5.91 Å². The topological polar surface area (TPSA) is 58.4 Å². The number of anilines is 2. The van der Waals surface area contributed by atoms with E-state index in [4.69, 9.17) is 5.73 Å². The molecule has 0 bridgehead atoms. The van der Waals surface area contributed by atoms with E-state index in [9.17, 15) is 4.79 Å². The van der Waals surface area contributed by atoms with E-state index in [0.717, 1.165) is 37.2 Å². The highest BCUT2D eigenvalue weighted by molar-refractivity contribution is 5.82. The first-order valence-corrected chi connectivity index (χ1v) is 7.06. The summed E-state index contributed by atoms with van der Waals surface area (Å²) in [5, 5.41) is 3.08. The van der Waals surface area contributed by atoms with E-state index in [1.807, 2.05) is 18.2 Å².